The third-order valence-corrected chi connectivity index (χ3v) is 1.46. The van der Waals surface area contributed by atoms with E-state index in [0.717, 1.165) is 5.56 Å². The fourth-order valence-electron chi connectivity index (χ4n) is 0.908. The minimum Gasteiger partial charge on any atom is -0.462 e. The molecule has 0 aromatic carbocycles. The first-order valence-corrected chi connectivity index (χ1v) is 3.95. The number of primary amides is 1. The number of ether oxygens (including phenoxy) is 1. The lowest BCUT2D eigenvalue weighted by atomic mass is 10.2. The Morgan fingerprint density at radius 2 is 2.43 bits per heavy atom. The number of amides is 1. The first-order chi connectivity index (χ1) is 6.72. The fourth-order valence-corrected chi connectivity index (χ4v) is 0.908. The quantitative estimate of drug-likeness (QED) is 0.726. The smallest absolute Gasteiger partial charge is 0.221 e. The van der Waals surface area contributed by atoms with E-state index in [1.807, 2.05) is 6.07 Å². The summed E-state index contributed by atoms with van der Waals surface area (Å²) >= 11 is 0. The zero-order valence-corrected chi connectivity index (χ0v) is 7.43. The zero-order valence-electron chi connectivity index (χ0n) is 7.43. The second-order valence-electron chi connectivity index (χ2n) is 2.59. The van der Waals surface area contributed by atoms with Gasteiger partial charge in [-0.1, -0.05) is 6.07 Å². The molecule has 1 amide bonds. The molecule has 72 valence electrons. The molecule has 14 heavy (non-hydrogen) atoms. The van der Waals surface area contributed by atoms with Gasteiger partial charge < -0.3 is 10.5 Å². The van der Waals surface area contributed by atoms with E-state index in [-0.39, 0.29) is 13.0 Å². The van der Waals surface area contributed by atoms with E-state index in [1.165, 1.54) is 6.20 Å². The Morgan fingerprint density at radius 3 is 2.93 bits per heavy atom. The third-order valence-electron chi connectivity index (χ3n) is 1.46. The van der Waals surface area contributed by atoms with Crippen molar-refractivity contribution >= 4 is 5.91 Å². The first kappa shape index (κ1) is 9.99. The van der Waals surface area contributed by atoms with Crippen molar-refractivity contribution in [2.45, 2.75) is 6.42 Å². The highest BCUT2D eigenvalue weighted by Gasteiger charge is 1.99. The van der Waals surface area contributed by atoms with E-state index in [1.54, 1.807) is 12.1 Å². The predicted molar refractivity (Wildman–Crippen MR) is 48.2 cm³/mol. The molecule has 0 aliphatic carbocycles. The number of carbonyl (C=O) groups is 1. The van der Waals surface area contributed by atoms with Crippen molar-refractivity contribution in [3.8, 4) is 11.9 Å². The first-order valence-electron chi connectivity index (χ1n) is 3.95. The van der Waals surface area contributed by atoms with E-state index in [0.29, 0.717) is 5.88 Å². The number of nitrogens with zero attached hydrogens (tertiary/aromatic N) is 2. The Hall–Kier alpha value is -2.09. The maximum absolute atomic E-state index is 10.5. The molecule has 1 heterocycles. The van der Waals surface area contributed by atoms with Crippen molar-refractivity contribution in [2.75, 3.05) is 6.61 Å². The van der Waals surface area contributed by atoms with Crippen LogP contribution >= 0.6 is 0 Å². The van der Waals surface area contributed by atoms with Gasteiger partial charge in [-0.15, -0.1) is 0 Å². The van der Waals surface area contributed by atoms with E-state index < -0.39 is 5.91 Å². The topological polar surface area (TPSA) is 89.0 Å². The summed E-state index contributed by atoms with van der Waals surface area (Å²) in [5.74, 6) is -0.0442. The second-order valence-corrected chi connectivity index (χ2v) is 2.59. The maximum atomic E-state index is 10.5. The zero-order chi connectivity index (χ0) is 10.4. The van der Waals surface area contributed by atoms with Crippen molar-refractivity contribution in [3.05, 3.63) is 23.9 Å². The van der Waals surface area contributed by atoms with Gasteiger partial charge >= 0.3 is 0 Å². The highest BCUT2D eigenvalue weighted by molar-refractivity contribution is 5.76. The van der Waals surface area contributed by atoms with Crippen LogP contribution in [0.4, 0.5) is 0 Å². The molecule has 0 fully saturated rings. The van der Waals surface area contributed by atoms with Crippen molar-refractivity contribution in [3.63, 3.8) is 0 Å². The van der Waals surface area contributed by atoms with Crippen LogP contribution in [0.25, 0.3) is 0 Å². The van der Waals surface area contributed by atoms with Crippen LogP contribution in [0.2, 0.25) is 0 Å². The van der Waals surface area contributed by atoms with Crippen LogP contribution in [-0.2, 0) is 11.2 Å². The lowest BCUT2D eigenvalue weighted by molar-refractivity contribution is -0.117. The van der Waals surface area contributed by atoms with Gasteiger partial charge in [0.05, 0.1) is 6.42 Å². The fraction of sp³-hybridized carbons (Fsp3) is 0.222. The monoisotopic (exact) mass is 191 g/mol. The van der Waals surface area contributed by atoms with Gasteiger partial charge in [-0.2, -0.15) is 5.26 Å². The summed E-state index contributed by atoms with van der Waals surface area (Å²) in [6, 6.07) is 5.10. The molecule has 0 atom stereocenters. The summed E-state index contributed by atoms with van der Waals surface area (Å²) in [5.41, 5.74) is 5.73. The average molecular weight is 191 g/mol. The molecule has 2 N–H and O–H groups in total. The molecular formula is C9H9N3O2. The van der Waals surface area contributed by atoms with Gasteiger partial charge in [-0.3, -0.25) is 4.79 Å². The van der Waals surface area contributed by atoms with Crippen LogP contribution < -0.4 is 10.5 Å². The molecular weight excluding hydrogens is 182 g/mol. The average Bonchev–Trinajstić information content (AvgIpc) is 2.16. The van der Waals surface area contributed by atoms with Crippen molar-refractivity contribution < 1.29 is 9.53 Å². The highest BCUT2D eigenvalue weighted by atomic mass is 16.5. The number of carbonyl (C=O) groups excluding carboxylic acids is 1. The number of rotatable bonds is 4. The largest absolute Gasteiger partial charge is 0.462 e. The van der Waals surface area contributed by atoms with E-state index in [9.17, 15) is 4.79 Å². The molecule has 0 radical (unpaired) electrons. The van der Waals surface area contributed by atoms with Gasteiger partial charge in [-0.05, 0) is 5.56 Å². The summed E-state index contributed by atoms with van der Waals surface area (Å²) in [7, 11) is 0. The van der Waals surface area contributed by atoms with E-state index in [2.05, 4.69) is 4.98 Å². The van der Waals surface area contributed by atoms with Crippen molar-refractivity contribution in [1.29, 1.82) is 5.26 Å². The maximum Gasteiger partial charge on any atom is 0.221 e. The molecule has 0 unspecified atom stereocenters. The van der Waals surface area contributed by atoms with E-state index >= 15 is 0 Å². The summed E-state index contributed by atoms with van der Waals surface area (Å²) < 4.78 is 4.93. The normalized spacial score (nSPS) is 9.07. The van der Waals surface area contributed by atoms with Crippen molar-refractivity contribution in [1.82, 2.24) is 4.98 Å². The van der Waals surface area contributed by atoms with Crippen LogP contribution in [-0.4, -0.2) is 17.5 Å². The predicted octanol–water partition coefficient (Wildman–Crippen LogP) is 0.0118. The van der Waals surface area contributed by atoms with Gasteiger partial charge in [0.2, 0.25) is 11.8 Å². The van der Waals surface area contributed by atoms with Crippen LogP contribution in [0.1, 0.15) is 5.56 Å². The Bertz CT molecular complexity index is 353. The van der Waals surface area contributed by atoms with Gasteiger partial charge in [-0.25, -0.2) is 4.98 Å². The summed E-state index contributed by atoms with van der Waals surface area (Å²) in [6.45, 7) is -0.0395. The molecule has 0 saturated heterocycles. The molecule has 1 rings (SSSR count). The summed E-state index contributed by atoms with van der Waals surface area (Å²) in [6.07, 6.45) is 1.66. The molecule has 0 aliphatic heterocycles. The van der Waals surface area contributed by atoms with Crippen molar-refractivity contribution in [2.24, 2.45) is 5.73 Å². The number of nitriles is 1. The Kier molecular flexibility index (Phi) is 3.44. The molecule has 5 heteroatoms. The minimum atomic E-state index is -0.405. The molecule has 0 aliphatic rings. The molecule has 1 aromatic rings. The minimum absolute atomic E-state index is 0.0395. The van der Waals surface area contributed by atoms with Gasteiger partial charge in [0, 0.05) is 12.3 Å². The standard InChI is InChI=1S/C9H9N3O2/c10-3-4-14-9-2-1-7(6-12-9)5-8(11)13/h1-2,6H,4-5H2,(H2,11,13). The number of hydrogen-bond acceptors (Lipinski definition) is 4. The Balaban J connectivity index is 2.60. The highest BCUT2D eigenvalue weighted by Crippen LogP contribution is 2.07. The van der Waals surface area contributed by atoms with Crippen LogP contribution in [0.5, 0.6) is 5.88 Å². The molecule has 1 aromatic heterocycles. The van der Waals surface area contributed by atoms with Crippen LogP contribution in [0.3, 0.4) is 0 Å². The molecule has 5 nitrogen and oxygen atoms in total. The number of aromatic nitrogens is 1. The number of hydrogen-bond donors (Lipinski definition) is 1. The number of pyridine rings is 1. The third kappa shape index (κ3) is 3.11. The summed E-state index contributed by atoms with van der Waals surface area (Å²) in [5, 5.41) is 8.24. The lowest BCUT2D eigenvalue weighted by Crippen LogP contribution is -2.13. The van der Waals surface area contributed by atoms with Crippen LogP contribution in [0.15, 0.2) is 18.3 Å². The van der Waals surface area contributed by atoms with E-state index in [4.69, 9.17) is 15.7 Å². The van der Waals surface area contributed by atoms with Gasteiger partial charge in [0.15, 0.2) is 6.61 Å². The second kappa shape index (κ2) is 4.82. The summed E-state index contributed by atoms with van der Waals surface area (Å²) in [4.78, 5) is 14.4. The van der Waals surface area contributed by atoms with Gasteiger partial charge in [0.1, 0.15) is 6.07 Å². The van der Waals surface area contributed by atoms with Gasteiger partial charge in [0.25, 0.3) is 0 Å². The lowest BCUT2D eigenvalue weighted by Gasteiger charge is -2.00. The Morgan fingerprint density at radius 1 is 1.64 bits per heavy atom. The Labute approximate surface area is 81.1 Å². The number of nitrogens with two attached hydrogens (primary N) is 1. The SMILES string of the molecule is N#CCOc1ccc(CC(N)=O)cn1. The molecule has 0 saturated carbocycles. The molecule has 0 bridgehead atoms. The van der Waals surface area contributed by atoms with Crippen LogP contribution in [0, 0.1) is 11.3 Å². The molecule has 0 spiro atoms.